The molecule has 3 heterocycles. The summed E-state index contributed by atoms with van der Waals surface area (Å²) in [6.45, 7) is 4.88. The van der Waals surface area contributed by atoms with Gasteiger partial charge in [0.1, 0.15) is 12.4 Å². The molecule has 4 aromatic rings. The van der Waals surface area contributed by atoms with E-state index in [9.17, 15) is 9.90 Å². The van der Waals surface area contributed by atoms with Crippen LogP contribution in [0.4, 0.5) is 5.69 Å². The predicted molar refractivity (Wildman–Crippen MR) is 159 cm³/mol. The van der Waals surface area contributed by atoms with Crippen molar-refractivity contribution in [2.45, 2.75) is 25.9 Å². The van der Waals surface area contributed by atoms with Gasteiger partial charge in [-0.2, -0.15) is 0 Å². The van der Waals surface area contributed by atoms with Crippen LogP contribution in [0, 0.1) is 13.8 Å². The topological polar surface area (TPSA) is 88.9 Å². The Hall–Kier alpha value is -3.92. The van der Waals surface area contributed by atoms with Crippen LogP contribution in [0.1, 0.15) is 45.1 Å². The van der Waals surface area contributed by atoms with Crippen molar-refractivity contribution in [3.8, 4) is 11.4 Å². The first kappa shape index (κ1) is 27.6. The van der Waals surface area contributed by atoms with Gasteiger partial charge in [0.05, 0.1) is 35.0 Å². The SMILES string of the molecule is COCCOc1ccc(N2C(=S)N[C@H](c3ccccn3)[C@H]2c2cc(C)n(-c3cccc(C(=O)O)c3)c2C)cc1Cl. The van der Waals surface area contributed by atoms with Crippen LogP contribution in [0.5, 0.6) is 5.75 Å². The number of carbonyl (C=O) groups is 1. The minimum atomic E-state index is -0.970. The molecular weight excluding hydrogens is 548 g/mol. The second-order valence-corrected chi connectivity index (χ2v) is 10.3. The second-order valence-electron chi connectivity index (χ2n) is 9.47. The summed E-state index contributed by atoms with van der Waals surface area (Å²) in [6.07, 6.45) is 1.77. The molecule has 0 bridgehead atoms. The Bertz CT molecular complexity index is 1560. The highest BCUT2D eigenvalue weighted by atomic mass is 35.5. The van der Waals surface area contributed by atoms with Crippen LogP contribution in [0.25, 0.3) is 5.69 Å². The molecule has 0 radical (unpaired) electrons. The van der Waals surface area contributed by atoms with Gasteiger partial charge < -0.3 is 29.4 Å². The van der Waals surface area contributed by atoms with Crippen LogP contribution >= 0.6 is 23.8 Å². The van der Waals surface area contributed by atoms with Gasteiger partial charge in [0.2, 0.25) is 0 Å². The summed E-state index contributed by atoms with van der Waals surface area (Å²) in [5.41, 5.74) is 5.61. The van der Waals surface area contributed by atoms with Crippen LogP contribution in [-0.2, 0) is 4.74 Å². The van der Waals surface area contributed by atoms with Gasteiger partial charge in [-0.25, -0.2) is 4.79 Å². The molecule has 5 rings (SSSR count). The summed E-state index contributed by atoms with van der Waals surface area (Å²) < 4.78 is 12.9. The molecule has 2 aromatic heterocycles. The molecule has 10 heteroatoms. The molecule has 0 spiro atoms. The fourth-order valence-corrected chi connectivity index (χ4v) is 5.78. The number of thiocarbonyl (C=S) groups is 1. The van der Waals surface area contributed by atoms with Crippen LogP contribution in [0.15, 0.2) is 72.9 Å². The standard InChI is InChI=1S/C30H29ClN4O4S/c1-18-15-23(19(2)34(18)21-8-6-7-20(16-21)29(36)37)28-27(25-9-4-5-12-32-25)33-30(40)35(28)22-10-11-26(24(31)17-22)39-14-13-38-3/h4-12,15-17,27-28H,13-14H2,1-3H3,(H,33,40)(H,36,37)/t27-,28-/m1/s1. The van der Waals surface area contributed by atoms with Crippen molar-refractivity contribution in [2.75, 3.05) is 25.2 Å². The summed E-state index contributed by atoms with van der Waals surface area (Å²) in [7, 11) is 1.62. The summed E-state index contributed by atoms with van der Waals surface area (Å²) in [5, 5.41) is 14.0. The van der Waals surface area contributed by atoms with E-state index in [1.165, 1.54) is 0 Å². The van der Waals surface area contributed by atoms with E-state index in [1.807, 2.05) is 56.3 Å². The number of hydrogen-bond donors (Lipinski definition) is 2. The largest absolute Gasteiger partial charge is 0.490 e. The zero-order chi connectivity index (χ0) is 28.4. The number of aromatic nitrogens is 2. The average molecular weight is 577 g/mol. The number of nitrogens with zero attached hydrogens (tertiary/aromatic N) is 3. The van der Waals surface area contributed by atoms with E-state index in [2.05, 4.69) is 25.8 Å². The molecular formula is C30H29ClN4O4S. The first-order valence-corrected chi connectivity index (χ1v) is 13.5. The maximum absolute atomic E-state index is 11.7. The van der Waals surface area contributed by atoms with Gasteiger partial charge in [0, 0.05) is 36.1 Å². The lowest BCUT2D eigenvalue weighted by Gasteiger charge is -2.28. The van der Waals surface area contributed by atoms with Crippen molar-refractivity contribution in [3.05, 3.63) is 106 Å². The van der Waals surface area contributed by atoms with Crippen LogP contribution in [0.3, 0.4) is 0 Å². The highest BCUT2D eigenvalue weighted by molar-refractivity contribution is 7.80. The Morgan fingerprint density at radius 2 is 1.90 bits per heavy atom. The number of carboxylic acid groups (broad SMARTS) is 1. The van der Waals surface area contributed by atoms with Crippen molar-refractivity contribution in [1.29, 1.82) is 0 Å². The second kappa shape index (κ2) is 11.7. The van der Waals surface area contributed by atoms with Crippen molar-refractivity contribution in [2.24, 2.45) is 0 Å². The number of rotatable bonds is 9. The molecule has 40 heavy (non-hydrogen) atoms. The molecule has 0 aliphatic carbocycles. The fraction of sp³-hybridized carbons (Fsp3) is 0.233. The van der Waals surface area contributed by atoms with E-state index in [1.54, 1.807) is 31.5 Å². The molecule has 0 saturated carbocycles. The number of nitrogens with one attached hydrogen (secondary N) is 1. The number of pyridine rings is 1. The van der Waals surface area contributed by atoms with Gasteiger partial charge >= 0.3 is 5.97 Å². The van der Waals surface area contributed by atoms with E-state index in [0.717, 1.165) is 34.0 Å². The van der Waals surface area contributed by atoms with Gasteiger partial charge in [-0.15, -0.1) is 0 Å². The van der Waals surface area contributed by atoms with Gasteiger partial charge in [-0.05, 0) is 86.2 Å². The third kappa shape index (κ3) is 5.28. The van der Waals surface area contributed by atoms with Crippen molar-refractivity contribution in [3.63, 3.8) is 0 Å². The summed E-state index contributed by atoms with van der Waals surface area (Å²) >= 11 is 12.5. The predicted octanol–water partition coefficient (Wildman–Crippen LogP) is 6.04. The van der Waals surface area contributed by atoms with Crippen LogP contribution in [-0.4, -0.2) is 46.1 Å². The number of benzene rings is 2. The Kier molecular flexibility index (Phi) is 8.07. The number of halogens is 1. The molecule has 1 fully saturated rings. The summed E-state index contributed by atoms with van der Waals surface area (Å²) in [5.74, 6) is -0.405. The minimum Gasteiger partial charge on any atom is -0.490 e. The van der Waals surface area contributed by atoms with Gasteiger partial charge in [-0.3, -0.25) is 4.98 Å². The van der Waals surface area contributed by atoms with Crippen LogP contribution in [0.2, 0.25) is 5.02 Å². The zero-order valence-corrected chi connectivity index (χ0v) is 23.9. The lowest BCUT2D eigenvalue weighted by Crippen LogP contribution is -2.29. The molecule has 0 unspecified atom stereocenters. The Labute approximate surface area is 243 Å². The fourth-order valence-electron chi connectivity index (χ4n) is 5.20. The lowest BCUT2D eigenvalue weighted by atomic mass is 9.96. The molecule has 0 amide bonds. The third-order valence-electron chi connectivity index (χ3n) is 6.98. The van der Waals surface area contributed by atoms with Gasteiger partial charge in [0.25, 0.3) is 0 Å². The van der Waals surface area contributed by atoms with Gasteiger partial charge in [-0.1, -0.05) is 23.7 Å². The molecule has 1 aliphatic rings. The first-order chi connectivity index (χ1) is 19.3. The van der Waals surface area contributed by atoms with Crippen molar-refractivity contribution < 1.29 is 19.4 Å². The average Bonchev–Trinajstić information content (AvgIpc) is 3.44. The molecule has 2 aromatic carbocycles. The minimum absolute atomic E-state index is 0.227. The molecule has 1 saturated heterocycles. The number of aryl methyl sites for hydroxylation is 1. The molecule has 206 valence electrons. The number of hydrogen-bond acceptors (Lipinski definition) is 5. The van der Waals surface area contributed by atoms with E-state index in [4.69, 9.17) is 33.3 Å². The molecule has 1 aliphatic heterocycles. The van der Waals surface area contributed by atoms with E-state index < -0.39 is 5.97 Å². The summed E-state index contributed by atoms with van der Waals surface area (Å²) in [4.78, 5) is 18.4. The van der Waals surface area contributed by atoms with Crippen LogP contribution < -0.4 is 15.0 Å². The normalized spacial score (nSPS) is 16.7. The monoisotopic (exact) mass is 576 g/mol. The number of ether oxygens (including phenoxy) is 2. The Morgan fingerprint density at radius 1 is 1.07 bits per heavy atom. The highest BCUT2D eigenvalue weighted by Crippen LogP contribution is 2.45. The summed E-state index contributed by atoms with van der Waals surface area (Å²) in [6, 6.07) is 20.0. The molecule has 8 nitrogen and oxygen atoms in total. The zero-order valence-electron chi connectivity index (χ0n) is 22.3. The van der Waals surface area contributed by atoms with Crippen molar-refractivity contribution in [1.82, 2.24) is 14.9 Å². The number of methoxy groups -OCH3 is 1. The van der Waals surface area contributed by atoms with E-state index in [-0.39, 0.29) is 17.6 Å². The Morgan fingerprint density at radius 3 is 2.60 bits per heavy atom. The van der Waals surface area contributed by atoms with E-state index in [0.29, 0.717) is 29.1 Å². The maximum atomic E-state index is 11.7. The first-order valence-electron chi connectivity index (χ1n) is 12.7. The number of carboxylic acids is 1. The molecule has 2 N–H and O–H groups in total. The van der Waals surface area contributed by atoms with Gasteiger partial charge in [0.15, 0.2) is 5.11 Å². The highest BCUT2D eigenvalue weighted by Gasteiger charge is 2.42. The Balaban J connectivity index is 1.61. The number of aromatic carboxylic acids is 1. The van der Waals surface area contributed by atoms with E-state index >= 15 is 0 Å². The third-order valence-corrected chi connectivity index (χ3v) is 7.59. The number of anilines is 1. The molecule has 2 atom stereocenters. The maximum Gasteiger partial charge on any atom is 0.335 e. The lowest BCUT2D eigenvalue weighted by molar-refractivity contribution is 0.0697. The smallest absolute Gasteiger partial charge is 0.335 e. The quantitative estimate of drug-likeness (QED) is 0.184. The van der Waals surface area contributed by atoms with Crippen molar-refractivity contribution >= 4 is 40.6 Å².